The minimum atomic E-state index is -0.662. The molecule has 7 nitrogen and oxygen atoms in total. The van der Waals surface area contributed by atoms with Crippen molar-refractivity contribution in [2.24, 2.45) is 5.73 Å². The molecule has 1 heterocycles. The molecule has 1 atom stereocenters. The van der Waals surface area contributed by atoms with Gasteiger partial charge in [-0.05, 0) is 37.1 Å². The van der Waals surface area contributed by atoms with E-state index >= 15 is 0 Å². The Morgan fingerprint density at radius 1 is 1.17 bits per heavy atom. The fourth-order valence-electron chi connectivity index (χ4n) is 3.11. The zero-order valence-corrected chi connectivity index (χ0v) is 16.6. The van der Waals surface area contributed by atoms with Gasteiger partial charge >= 0.3 is 0 Å². The average Bonchev–Trinajstić information content (AvgIpc) is 3.05. The number of fused-ring (bicyclic) bond motifs is 1. The standard InChI is InChI=1S/C21H21ClN4O3/c1-13(18(27)10-9-14-5-4-6-15(22)11-14)24-19(28)12-26-17-8-3-2-7-16(17)20(25-26)21(23)29/h2-8,11,13H,9-10,12H2,1H3,(H2,23,29)(H,24,28)/t13-/m0/s1. The molecule has 0 aliphatic carbocycles. The normalized spacial score (nSPS) is 11.9. The average molecular weight is 413 g/mol. The molecule has 0 aliphatic rings. The molecule has 3 aromatic rings. The monoisotopic (exact) mass is 412 g/mol. The van der Waals surface area contributed by atoms with Crippen LogP contribution in [0.3, 0.4) is 0 Å². The van der Waals surface area contributed by atoms with Crippen molar-refractivity contribution in [2.45, 2.75) is 32.4 Å². The highest BCUT2D eigenvalue weighted by Crippen LogP contribution is 2.18. The molecule has 1 aromatic heterocycles. The second kappa shape index (κ2) is 8.87. The van der Waals surface area contributed by atoms with Gasteiger partial charge < -0.3 is 11.1 Å². The summed E-state index contributed by atoms with van der Waals surface area (Å²) in [6, 6.07) is 13.7. The van der Waals surface area contributed by atoms with Gasteiger partial charge in [0.25, 0.3) is 5.91 Å². The van der Waals surface area contributed by atoms with Crippen LogP contribution in [-0.2, 0) is 22.6 Å². The number of aryl methyl sites for hydroxylation is 1. The summed E-state index contributed by atoms with van der Waals surface area (Å²) in [5, 5.41) is 8.04. The van der Waals surface area contributed by atoms with Crippen molar-refractivity contribution in [1.29, 1.82) is 0 Å². The number of rotatable bonds is 8. The van der Waals surface area contributed by atoms with Crippen LogP contribution in [0, 0.1) is 0 Å². The number of para-hydroxylation sites is 1. The quantitative estimate of drug-likeness (QED) is 0.592. The fraction of sp³-hybridized carbons (Fsp3) is 0.238. The molecule has 0 saturated heterocycles. The number of halogens is 1. The first-order valence-corrected chi connectivity index (χ1v) is 9.55. The summed E-state index contributed by atoms with van der Waals surface area (Å²) in [4.78, 5) is 36.4. The Bertz CT molecular complexity index is 1080. The first-order valence-electron chi connectivity index (χ1n) is 9.17. The number of hydrogen-bond acceptors (Lipinski definition) is 4. The highest BCUT2D eigenvalue weighted by atomic mass is 35.5. The Hall–Kier alpha value is -3.19. The predicted octanol–water partition coefficient (Wildman–Crippen LogP) is 2.50. The number of hydrogen-bond donors (Lipinski definition) is 2. The molecule has 0 spiro atoms. The zero-order valence-electron chi connectivity index (χ0n) is 15.9. The molecular formula is C21H21ClN4O3. The van der Waals surface area contributed by atoms with Crippen molar-refractivity contribution in [2.75, 3.05) is 0 Å². The van der Waals surface area contributed by atoms with Gasteiger partial charge in [-0.25, -0.2) is 0 Å². The van der Waals surface area contributed by atoms with Crippen molar-refractivity contribution >= 4 is 40.1 Å². The largest absolute Gasteiger partial charge is 0.364 e. The van der Waals surface area contributed by atoms with Crippen LogP contribution in [0.15, 0.2) is 48.5 Å². The molecule has 2 amide bonds. The number of carbonyl (C=O) groups is 3. The van der Waals surface area contributed by atoms with Crippen LogP contribution in [0.1, 0.15) is 29.4 Å². The molecule has 0 unspecified atom stereocenters. The number of benzene rings is 2. The number of nitrogens with zero attached hydrogens (tertiary/aromatic N) is 2. The number of nitrogens with one attached hydrogen (secondary N) is 1. The van der Waals surface area contributed by atoms with Gasteiger partial charge in [0.05, 0.1) is 11.6 Å². The van der Waals surface area contributed by atoms with E-state index < -0.39 is 11.9 Å². The number of aromatic nitrogens is 2. The Morgan fingerprint density at radius 2 is 1.93 bits per heavy atom. The lowest BCUT2D eigenvalue weighted by Crippen LogP contribution is -2.40. The lowest BCUT2D eigenvalue weighted by Gasteiger charge is -2.13. The Kier molecular flexibility index (Phi) is 6.29. The summed E-state index contributed by atoms with van der Waals surface area (Å²) in [7, 11) is 0. The van der Waals surface area contributed by atoms with Gasteiger partial charge in [0.2, 0.25) is 5.91 Å². The van der Waals surface area contributed by atoms with Gasteiger partial charge in [-0.2, -0.15) is 5.10 Å². The van der Waals surface area contributed by atoms with Crippen LogP contribution < -0.4 is 11.1 Å². The number of nitrogens with two attached hydrogens (primary N) is 1. The topological polar surface area (TPSA) is 107 Å². The van der Waals surface area contributed by atoms with Crippen LogP contribution in [0.25, 0.3) is 10.9 Å². The predicted molar refractivity (Wildman–Crippen MR) is 111 cm³/mol. The van der Waals surface area contributed by atoms with E-state index in [-0.39, 0.29) is 30.3 Å². The van der Waals surface area contributed by atoms with Crippen molar-refractivity contribution in [3.05, 3.63) is 64.8 Å². The smallest absolute Gasteiger partial charge is 0.269 e. The maximum Gasteiger partial charge on any atom is 0.269 e. The molecule has 2 aromatic carbocycles. The van der Waals surface area contributed by atoms with Crippen molar-refractivity contribution in [3.63, 3.8) is 0 Å². The van der Waals surface area contributed by atoms with E-state index in [4.69, 9.17) is 17.3 Å². The van der Waals surface area contributed by atoms with E-state index in [1.807, 2.05) is 18.2 Å². The number of Topliss-reactive ketones (excluding diaryl/α,β-unsaturated/α-hetero) is 1. The molecule has 3 N–H and O–H groups in total. The SMILES string of the molecule is C[C@H](NC(=O)Cn1nc(C(N)=O)c2ccccc21)C(=O)CCc1cccc(Cl)c1. The second-order valence-electron chi connectivity index (χ2n) is 6.77. The van der Waals surface area contributed by atoms with E-state index in [2.05, 4.69) is 10.4 Å². The first-order chi connectivity index (χ1) is 13.8. The van der Waals surface area contributed by atoms with Crippen molar-refractivity contribution in [1.82, 2.24) is 15.1 Å². The molecule has 0 saturated carbocycles. The van der Waals surface area contributed by atoms with Gasteiger partial charge in [-0.3, -0.25) is 19.1 Å². The molecule has 150 valence electrons. The van der Waals surface area contributed by atoms with Crippen LogP contribution in [0.5, 0.6) is 0 Å². The molecule has 8 heteroatoms. The molecule has 0 bridgehead atoms. The highest BCUT2D eigenvalue weighted by molar-refractivity contribution is 6.30. The van der Waals surface area contributed by atoms with Gasteiger partial charge in [-0.1, -0.05) is 41.9 Å². The Balaban J connectivity index is 1.61. The van der Waals surface area contributed by atoms with Gasteiger partial charge in [0.15, 0.2) is 11.5 Å². The van der Waals surface area contributed by atoms with Crippen molar-refractivity contribution < 1.29 is 14.4 Å². The van der Waals surface area contributed by atoms with Gasteiger partial charge in [-0.15, -0.1) is 0 Å². The lowest BCUT2D eigenvalue weighted by molar-refractivity contribution is -0.127. The first kappa shape index (κ1) is 20.5. The van der Waals surface area contributed by atoms with Gasteiger partial charge in [0.1, 0.15) is 6.54 Å². The molecule has 0 aliphatic heterocycles. The summed E-state index contributed by atoms with van der Waals surface area (Å²) in [5.41, 5.74) is 7.06. The maximum absolute atomic E-state index is 12.4. The Labute approximate surface area is 172 Å². The van der Waals surface area contributed by atoms with Crippen LogP contribution in [0.2, 0.25) is 5.02 Å². The van der Waals surface area contributed by atoms with Crippen molar-refractivity contribution in [3.8, 4) is 0 Å². The van der Waals surface area contributed by atoms with Crippen LogP contribution in [0.4, 0.5) is 0 Å². The number of primary amides is 1. The number of ketones is 1. The summed E-state index contributed by atoms with van der Waals surface area (Å²) in [6.07, 6.45) is 0.837. The Morgan fingerprint density at radius 3 is 2.66 bits per heavy atom. The van der Waals surface area contributed by atoms with E-state index in [0.29, 0.717) is 22.3 Å². The number of amides is 2. The maximum atomic E-state index is 12.4. The summed E-state index contributed by atoms with van der Waals surface area (Å²) >= 11 is 5.95. The third-order valence-electron chi connectivity index (χ3n) is 4.59. The van der Waals surface area contributed by atoms with E-state index in [1.54, 1.807) is 37.3 Å². The van der Waals surface area contributed by atoms with E-state index in [9.17, 15) is 14.4 Å². The minimum Gasteiger partial charge on any atom is -0.364 e. The van der Waals surface area contributed by atoms with E-state index in [1.165, 1.54) is 4.68 Å². The second-order valence-corrected chi connectivity index (χ2v) is 7.21. The third kappa shape index (κ3) is 5.00. The molecule has 0 fully saturated rings. The minimum absolute atomic E-state index is 0.0820. The number of carbonyl (C=O) groups excluding carboxylic acids is 3. The molecular weight excluding hydrogens is 392 g/mol. The van der Waals surface area contributed by atoms with Crippen LogP contribution >= 0.6 is 11.6 Å². The zero-order chi connectivity index (χ0) is 21.0. The molecule has 29 heavy (non-hydrogen) atoms. The fourth-order valence-corrected chi connectivity index (χ4v) is 3.32. The van der Waals surface area contributed by atoms with Crippen LogP contribution in [-0.4, -0.2) is 33.4 Å². The van der Waals surface area contributed by atoms with E-state index in [0.717, 1.165) is 5.56 Å². The summed E-state index contributed by atoms with van der Waals surface area (Å²) in [6.45, 7) is 1.52. The summed E-state index contributed by atoms with van der Waals surface area (Å²) < 4.78 is 1.41. The molecule has 3 rings (SSSR count). The lowest BCUT2D eigenvalue weighted by atomic mass is 10.0. The van der Waals surface area contributed by atoms with Gasteiger partial charge in [0, 0.05) is 16.8 Å². The third-order valence-corrected chi connectivity index (χ3v) is 4.83. The molecule has 0 radical (unpaired) electrons. The highest BCUT2D eigenvalue weighted by Gasteiger charge is 2.19. The summed E-state index contributed by atoms with van der Waals surface area (Å²) in [5.74, 6) is -1.12.